The summed E-state index contributed by atoms with van der Waals surface area (Å²) in [6.45, 7) is 3.14. The molecule has 2 fully saturated rings. The number of nitrogens with one attached hydrogen (secondary N) is 1. The van der Waals surface area contributed by atoms with Gasteiger partial charge >= 0.3 is 6.18 Å². The zero-order valence-corrected chi connectivity index (χ0v) is 22.3. The molecule has 1 aliphatic heterocycles. The quantitative estimate of drug-likeness (QED) is 0.320. The summed E-state index contributed by atoms with van der Waals surface area (Å²) in [5.41, 5.74) is 0.162. The predicted molar refractivity (Wildman–Crippen MR) is 144 cm³/mol. The number of morpholine rings is 1. The molecule has 2 aromatic carbocycles. The van der Waals surface area contributed by atoms with Gasteiger partial charge in [0.15, 0.2) is 11.6 Å². The SMILES string of the molecule is CC1CN(c2cc(CC(=O)Cc3ccc(Oc4ccnc(NC(=O)C5CC5)c4)c(F)c3)cc(C(F)(F)F)c2)CCO1. The Hall–Kier alpha value is -3.99. The highest BCUT2D eigenvalue weighted by atomic mass is 19.4. The van der Waals surface area contributed by atoms with Gasteiger partial charge in [0.2, 0.25) is 5.91 Å². The molecule has 1 aliphatic carbocycles. The van der Waals surface area contributed by atoms with Crippen molar-refractivity contribution >= 4 is 23.2 Å². The van der Waals surface area contributed by atoms with Gasteiger partial charge in [-0.15, -0.1) is 0 Å². The van der Waals surface area contributed by atoms with Gasteiger partial charge < -0.3 is 19.7 Å². The number of nitrogens with zero attached hydrogens (tertiary/aromatic N) is 2. The second-order valence-electron chi connectivity index (χ2n) is 10.4. The maximum atomic E-state index is 14.8. The van der Waals surface area contributed by atoms with E-state index in [4.69, 9.17) is 9.47 Å². The number of carbonyl (C=O) groups excluding carboxylic acids is 2. The molecule has 1 saturated carbocycles. The van der Waals surface area contributed by atoms with Gasteiger partial charge in [0.1, 0.15) is 17.4 Å². The second-order valence-corrected chi connectivity index (χ2v) is 10.4. The number of amides is 1. The highest BCUT2D eigenvalue weighted by Gasteiger charge is 2.32. The van der Waals surface area contributed by atoms with Gasteiger partial charge in [0.05, 0.1) is 18.3 Å². The topological polar surface area (TPSA) is 80.8 Å². The van der Waals surface area contributed by atoms with Crippen molar-refractivity contribution in [3.05, 3.63) is 77.2 Å². The Morgan fingerprint density at radius 3 is 2.56 bits per heavy atom. The maximum Gasteiger partial charge on any atom is 0.416 e. The Bertz CT molecular complexity index is 1440. The van der Waals surface area contributed by atoms with Crippen molar-refractivity contribution in [2.75, 3.05) is 29.9 Å². The molecular weight excluding hydrogens is 542 g/mol. The smallest absolute Gasteiger partial charge is 0.416 e. The average Bonchev–Trinajstić information content (AvgIpc) is 3.76. The third kappa shape index (κ3) is 7.60. The first-order chi connectivity index (χ1) is 19.5. The number of halogens is 4. The minimum atomic E-state index is -4.57. The van der Waals surface area contributed by atoms with E-state index in [2.05, 4.69) is 10.3 Å². The summed E-state index contributed by atoms with van der Waals surface area (Å²) in [5, 5.41) is 2.70. The number of ether oxygens (including phenoxy) is 2. The first-order valence-corrected chi connectivity index (χ1v) is 13.4. The highest BCUT2D eigenvalue weighted by molar-refractivity contribution is 5.93. The van der Waals surface area contributed by atoms with Gasteiger partial charge in [-0.1, -0.05) is 6.07 Å². The fourth-order valence-electron chi connectivity index (χ4n) is 4.67. The van der Waals surface area contributed by atoms with E-state index < -0.39 is 17.6 Å². The third-order valence-corrected chi connectivity index (χ3v) is 6.87. The number of carbonyl (C=O) groups is 2. The first kappa shape index (κ1) is 28.5. The summed E-state index contributed by atoms with van der Waals surface area (Å²) in [6.07, 6.45) is -1.97. The summed E-state index contributed by atoms with van der Waals surface area (Å²) < 4.78 is 66.8. The Morgan fingerprint density at radius 1 is 1.07 bits per heavy atom. The molecule has 2 heterocycles. The number of Topliss-reactive ketones (excluding diaryl/α,β-unsaturated/α-hetero) is 1. The van der Waals surface area contributed by atoms with E-state index in [0.717, 1.165) is 31.0 Å². The van der Waals surface area contributed by atoms with Crippen LogP contribution in [0.1, 0.15) is 36.5 Å². The first-order valence-electron chi connectivity index (χ1n) is 13.4. The van der Waals surface area contributed by atoms with Crippen LogP contribution in [0.15, 0.2) is 54.7 Å². The molecule has 0 spiro atoms. The van der Waals surface area contributed by atoms with Gasteiger partial charge in [-0.3, -0.25) is 9.59 Å². The van der Waals surface area contributed by atoms with Gasteiger partial charge in [0, 0.05) is 49.8 Å². The molecule has 1 N–H and O–H groups in total. The summed E-state index contributed by atoms with van der Waals surface area (Å²) >= 11 is 0. The van der Waals surface area contributed by atoms with E-state index in [1.165, 1.54) is 30.5 Å². The molecule has 7 nitrogen and oxygen atoms in total. The second kappa shape index (κ2) is 11.9. The zero-order chi connectivity index (χ0) is 29.1. The molecule has 0 radical (unpaired) electrons. The number of benzene rings is 2. The number of pyridine rings is 1. The van der Waals surface area contributed by atoms with E-state index in [9.17, 15) is 27.2 Å². The minimum Gasteiger partial charge on any atom is -0.454 e. The molecule has 1 amide bonds. The lowest BCUT2D eigenvalue weighted by atomic mass is 9.99. The number of anilines is 2. The molecule has 2 aliphatic rings. The molecule has 1 saturated heterocycles. The van der Waals surface area contributed by atoms with Crippen molar-refractivity contribution in [3.63, 3.8) is 0 Å². The minimum absolute atomic E-state index is 0.00158. The van der Waals surface area contributed by atoms with Crippen LogP contribution in [0.3, 0.4) is 0 Å². The number of aromatic nitrogens is 1. The van der Waals surface area contributed by atoms with E-state index in [-0.39, 0.29) is 53.6 Å². The standard InChI is InChI=1S/C30H29F4N3O4/c1-18-17-37(8-9-40-18)23-11-20(10-22(15-23)30(32,33)34)13-24(38)12-19-2-5-27(26(31)14-19)41-25-6-7-35-28(16-25)36-29(39)21-3-4-21/h2,5-7,10-11,14-16,18,21H,3-4,8-9,12-13,17H2,1H3,(H,35,36,39). The highest BCUT2D eigenvalue weighted by Crippen LogP contribution is 2.34. The van der Waals surface area contributed by atoms with Crippen LogP contribution >= 0.6 is 0 Å². The van der Waals surface area contributed by atoms with Crippen molar-refractivity contribution in [2.24, 2.45) is 5.92 Å². The summed E-state index contributed by atoms with van der Waals surface area (Å²) in [5.74, 6) is -0.714. The molecular formula is C30H29F4N3O4. The third-order valence-electron chi connectivity index (χ3n) is 6.87. The van der Waals surface area contributed by atoms with E-state index >= 15 is 0 Å². The van der Waals surface area contributed by atoms with Crippen LogP contribution in [0.25, 0.3) is 0 Å². The van der Waals surface area contributed by atoms with Crippen molar-refractivity contribution < 1.29 is 36.6 Å². The molecule has 5 rings (SSSR count). The molecule has 1 atom stereocenters. The number of hydrogen-bond donors (Lipinski definition) is 1. The molecule has 11 heteroatoms. The van der Waals surface area contributed by atoms with E-state index in [1.807, 2.05) is 11.8 Å². The van der Waals surface area contributed by atoms with Crippen LogP contribution in [0, 0.1) is 11.7 Å². The summed E-state index contributed by atoms with van der Waals surface area (Å²) in [4.78, 5) is 30.7. The number of rotatable bonds is 9. The molecule has 3 aromatic rings. The summed E-state index contributed by atoms with van der Waals surface area (Å²) in [6, 6.07) is 10.7. The number of alkyl halides is 3. The van der Waals surface area contributed by atoms with Crippen molar-refractivity contribution in [1.82, 2.24) is 4.98 Å². The van der Waals surface area contributed by atoms with Gasteiger partial charge in [-0.05, 0) is 67.3 Å². The number of hydrogen-bond acceptors (Lipinski definition) is 6. The molecule has 41 heavy (non-hydrogen) atoms. The molecule has 0 bridgehead atoms. The Kier molecular flexibility index (Phi) is 8.25. The van der Waals surface area contributed by atoms with Crippen LogP contribution in [-0.4, -0.2) is 42.5 Å². The van der Waals surface area contributed by atoms with Crippen molar-refractivity contribution in [3.8, 4) is 11.5 Å². The molecule has 216 valence electrons. The van der Waals surface area contributed by atoms with Crippen molar-refractivity contribution in [2.45, 2.75) is 44.9 Å². The fraction of sp³-hybridized carbons (Fsp3) is 0.367. The molecule has 1 unspecified atom stereocenters. The Morgan fingerprint density at radius 2 is 1.85 bits per heavy atom. The van der Waals surface area contributed by atoms with Crippen molar-refractivity contribution in [1.29, 1.82) is 0 Å². The lowest BCUT2D eigenvalue weighted by Crippen LogP contribution is -2.41. The lowest BCUT2D eigenvalue weighted by molar-refractivity contribution is -0.137. The van der Waals surface area contributed by atoms with Crippen LogP contribution in [0.5, 0.6) is 11.5 Å². The maximum absolute atomic E-state index is 14.8. The zero-order valence-electron chi connectivity index (χ0n) is 22.3. The summed E-state index contributed by atoms with van der Waals surface area (Å²) in [7, 11) is 0. The van der Waals surface area contributed by atoms with Crippen LogP contribution in [0.4, 0.5) is 29.1 Å². The Balaban J connectivity index is 1.24. The lowest BCUT2D eigenvalue weighted by Gasteiger charge is -2.33. The van der Waals surface area contributed by atoms with E-state index in [1.54, 1.807) is 6.07 Å². The van der Waals surface area contributed by atoms with Crippen LogP contribution < -0.4 is 15.0 Å². The van der Waals surface area contributed by atoms with E-state index in [0.29, 0.717) is 36.8 Å². The largest absolute Gasteiger partial charge is 0.454 e. The predicted octanol–water partition coefficient (Wildman–Crippen LogP) is 5.96. The number of ketones is 1. The average molecular weight is 572 g/mol. The molecule has 1 aromatic heterocycles. The van der Waals surface area contributed by atoms with Gasteiger partial charge in [0.25, 0.3) is 0 Å². The van der Waals surface area contributed by atoms with Gasteiger partial charge in [-0.2, -0.15) is 13.2 Å². The Labute approximate surface area is 234 Å². The van der Waals surface area contributed by atoms with Crippen LogP contribution in [-0.2, 0) is 33.3 Å². The van der Waals surface area contributed by atoms with Gasteiger partial charge in [-0.25, -0.2) is 9.37 Å². The van der Waals surface area contributed by atoms with Crippen LogP contribution in [0.2, 0.25) is 0 Å². The fourth-order valence-corrected chi connectivity index (χ4v) is 4.67. The normalized spacial score (nSPS) is 17.3. The monoisotopic (exact) mass is 571 g/mol.